The summed E-state index contributed by atoms with van der Waals surface area (Å²) in [5, 5.41) is 0. The van der Waals surface area contributed by atoms with E-state index in [1.807, 2.05) is 11.8 Å². The van der Waals surface area contributed by atoms with E-state index in [1.54, 1.807) is 6.07 Å². The standard InChI is InChI=1S/C26H33F4N5/c1-17(2)25-18(3)8-7-11-35(25)16-20(27)15-34-26(32-4)23(31)12-21(13-24(29)30)33-14-19-9-5-6-10-22(19)28/h5-6,9-10,12,15,18,24-25H,1,4,7-8,11,13-14,16,31H2,2-3H3/b20-15+,23-12?,33-21?,34-26?. The summed E-state index contributed by atoms with van der Waals surface area (Å²) in [4.78, 5) is 13.8. The Morgan fingerprint density at radius 1 is 1.31 bits per heavy atom. The summed E-state index contributed by atoms with van der Waals surface area (Å²) in [6.07, 6.45) is 0.817. The number of amidine groups is 1. The van der Waals surface area contributed by atoms with Crippen LogP contribution in [-0.4, -0.2) is 48.7 Å². The lowest BCUT2D eigenvalue weighted by Gasteiger charge is -2.40. The van der Waals surface area contributed by atoms with E-state index in [4.69, 9.17) is 5.73 Å². The molecule has 0 radical (unpaired) electrons. The number of halogens is 4. The third kappa shape index (κ3) is 8.90. The fraction of sp³-hybridized carbons (Fsp3) is 0.423. The van der Waals surface area contributed by atoms with Gasteiger partial charge in [-0.1, -0.05) is 37.3 Å². The van der Waals surface area contributed by atoms with Crippen LogP contribution in [0, 0.1) is 11.7 Å². The molecule has 1 aliphatic heterocycles. The van der Waals surface area contributed by atoms with Crippen LogP contribution in [0.15, 0.2) is 75.2 Å². The Balaban J connectivity index is 2.20. The lowest BCUT2D eigenvalue weighted by molar-refractivity contribution is 0.130. The van der Waals surface area contributed by atoms with Crippen LogP contribution < -0.4 is 5.73 Å². The van der Waals surface area contributed by atoms with Gasteiger partial charge in [-0.3, -0.25) is 9.89 Å². The Morgan fingerprint density at radius 3 is 2.66 bits per heavy atom. The fourth-order valence-electron chi connectivity index (χ4n) is 4.21. The van der Waals surface area contributed by atoms with Gasteiger partial charge in [-0.25, -0.2) is 27.5 Å². The van der Waals surface area contributed by atoms with Gasteiger partial charge in [0.05, 0.1) is 31.4 Å². The number of allylic oxidation sites excluding steroid dienone is 1. The molecule has 0 aromatic heterocycles. The van der Waals surface area contributed by atoms with Crippen LogP contribution in [0.4, 0.5) is 17.6 Å². The third-order valence-electron chi connectivity index (χ3n) is 5.73. The van der Waals surface area contributed by atoms with Crippen LogP contribution in [-0.2, 0) is 6.54 Å². The van der Waals surface area contributed by atoms with Gasteiger partial charge < -0.3 is 5.73 Å². The largest absolute Gasteiger partial charge is 0.396 e. The molecule has 1 aromatic rings. The first-order valence-electron chi connectivity index (χ1n) is 11.4. The van der Waals surface area contributed by atoms with Gasteiger partial charge in [0.1, 0.15) is 11.6 Å². The second-order valence-electron chi connectivity index (χ2n) is 8.66. The molecule has 1 aliphatic rings. The Labute approximate surface area is 204 Å². The monoisotopic (exact) mass is 491 g/mol. The molecule has 1 aromatic carbocycles. The summed E-state index contributed by atoms with van der Waals surface area (Å²) in [6.45, 7) is 12.2. The Hall–Kier alpha value is -3.07. The number of hydrogen-bond donors (Lipinski definition) is 1. The summed E-state index contributed by atoms with van der Waals surface area (Å²) in [5.41, 5.74) is 7.05. The quantitative estimate of drug-likeness (QED) is 0.193. The van der Waals surface area contributed by atoms with Crippen molar-refractivity contribution in [2.45, 2.75) is 52.1 Å². The Bertz CT molecular complexity index is 1010. The first-order chi connectivity index (χ1) is 16.6. The second kappa shape index (κ2) is 13.7. The molecular weight excluding hydrogens is 458 g/mol. The SMILES string of the molecule is C=NC(=N/C=C(/F)CN1CCCC(C)C1C(=C)C)C(N)=CC(CC(F)F)=NCc1ccccc1F. The van der Waals surface area contributed by atoms with Crippen molar-refractivity contribution in [2.75, 3.05) is 13.1 Å². The average Bonchev–Trinajstić information content (AvgIpc) is 2.78. The lowest BCUT2D eigenvalue weighted by Crippen LogP contribution is -2.45. The van der Waals surface area contributed by atoms with Crippen LogP contribution in [0.5, 0.6) is 0 Å². The van der Waals surface area contributed by atoms with Crippen LogP contribution in [0.25, 0.3) is 0 Å². The number of likely N-dealkylation sites (tertiary alicyclic amines) is 1. The van der Waals surface area contributed by atoms with E-state index in [9.17, 15) is 17.6 Å². The molecule has 0 saturated carbocycles. The summed E-state index contributed by atoms with van der Waals surface area (Å²) in [6, 6.07) is 6.01. The number of hydrogen-bond acceptors (Lipinski definition) is 4. The molecule has 5 nitrogen and oxygen atoms in total. The van der Waals surface area contributed by atoms with Gasteiger partial charge >= 0.3 is 0 Å². The molecule has 2 unspecified atom stereocenters. The molecule has 0 amide bonds. The van der Waals surface area contributed by atoms with Crippen molar-refractivity contribution < 1.29 is 17.6 Å². The van der Waals surface area contributed by atoms with Crippen molar-refractivity contribution in [3.8, 4) is 0 Å². The molecule has 0 spiro atoms. The van der Waals surface area contributed by atoms with Gasteiger partial charge in [-0.2, -0.15) is 0 Å². The minimum Gasteiger partial charge on any atom is -0.396 e. The molecular formula is C26H33F4N5. The van der Waals surface area contributed by atoms with Crippen molar-refractivity contribution in [3.05, 3.63) is 71.6 Å². The zero-order chi connectivity index (χ0) is 26.0. The maximum atomic E-state index is 14.7. The van der Waals surface area contributed by atoms with Gasteiger partial charge in [0.2, 0.25) is 6.43 Å². The highest BCUT2D eigenvalue weighted by molar-refractivity contribution is 6.07. The predicted octanol–water partition coefficient (Wildman–Crippen LogP) is 5.85. The molecule has 0 aliphatic carbocycles. The van der Waals surface area contributed by atoms with Gasteiger partial charge in [0.15, 0.2) is 5.84 Å². The Kier molecular flexibility index (Phi) is 11.0. The highest BCUT2D eigenvalue weighted by Crippen LogP contribution is 2.28. The third-order valence-corrected chi connectivity index (χ3v) is 5.73. The molecule has 1 saturated heterocycles. The normalized spacial score (nSPS) is 20.9. The van der Waals surface area contributed by atoms with Crippen molar-refractivity contribution >= 4 is 18.3 Å². The summed E-state index contributed by atoms with van der Waals surface area (Å²) < 4.78 is 54.6. The highest BCUT2D eigenvalue weighted by Gasteiger charge is 2.29. The van der Waals surface area contributed by atoms with Gasteiger partial charge in [-0.05, 0) is 51.1 Å². The molecule has 2 rings (SSSR count). The molecule has 2 atom stereocenters. The van der Waals surface area contributed by atoms with E-state index in [-0.39, 0.29) is 41.9 Å². The summed E-state index contributed by atoms with van der Waals surface area (Å²) in [7, 11) is 0. The van der Waals surface area contributed by atoms with Crippen molar-refractivity contribution in [1.29, 1.82) is 0 Å². The maximum absolute atomic E-state index is 14.7. The molecule has 0 bridgehead atoms. The average molecular weight is 492 g/mol. The van der Waals surface area contributed by atoms with Crippen molar-refractivity contribution in [1.82, 2.24) is 4.90 Å². The zero-order valence-corrected chi connectivity index (χ0v) is 20.2. The fourth-order valence-corrected chi connectivity index (χ4v) is 4.21. The van der Waals surface area contributed by atoms with E-state index in [2.05, 4.69) is 35.2 Å². The van der Waals surface area contributed by atoms with E-state index < -0.39 is 24.5 Å². The van der Waals surface area contributed by atoms with Gasteiger partial charge in [0, 0.05) is 17.3 Å². The summed E-state index contributed by atoms with van der Waals surface area (Å²) >= 11 is 0. The molecule has 1 heterocycles. The van der Waals surface area contributed by atoms with Crippen LogP contribution >= 0.6 is 0 Å². The number of nitrogens with two attached hydrogens (primary N) is 1. The first kappa shape index (κ1) is 28.2. The topological polar surface area (TPSA) is 66.3 Å². The number of benzene rings is 1. The van der Waals surface area contributed by atoms with Gasteiger partial charge in [-0.15, -0.1) is 0 Å². The molecule has 35 heavy (non-hydrogen) atoms. The van der Waals surface area contributed by atoms with Crippen LogP contribution in [0.1, 0.15) is 38.7 Å². The van der Waals surface area contributed by atoms with E-state index in [0.29, 0.717) is 5.92 Å². The molecule has 2 N–H and O–H groups in total. The number of alkyl halides is 2. The predicted molar refractivity (Wildman–Crippen MR) is 135 cm³/mol. The molecule has 190 valence electrons. The minimum absolute atomic E-state index is 0.0557. The lowest BCUT2D eigenvalue weighted by atomic mass is 9.87. The van der Waals surface area contributed by atoms with E-state index in [1.165, 1.54) is 24.3 Å². The highest BCUT2D eigenvalue weighted by atomic mass is 19.3. The van der Waals surface area contributed by atoms with Gasteiger partial charge in [0.25, 0.3) is 0 Å². The Morgan fingerprint density at radius 2 is 2.03 bits per heavy atom. The second-order valence-corrected chi connectivity index (χ2v) is 8.66. The first-order valence-corrected chi connectivity index (χ1v) is 11.4. The van der Waals surface area contributed by atoms with Crippen molar-refractivity contribution in [2.24, 2.45) is 26.6 Å². The number of rotatable bonds is 10. The summed E-state index contributed by atoms with van der Waals surface area (Å²) in [5.74, 6) is -0.743. The number of piperidine rings is 1. The molecule has 1 fully saturated rings. The maximum Gasteiger partial charge on any atom is 0.244 e. The van der Waals surface area contributed by atoms with Crippen LogP contribution in [0.2, 0.25) is 0 Å². The number of aliphatic imine (C=N–C) groups is 3. The van der Waals surface area contributed by atoms with E-state index in [0.717, 1.165) is 31.2 Å². The molecule has 9 heteroatoms. The van der Waals surface area contributed by atoms with Crippen LogP contribution in [0.3, 0.4) is 0 Å². The number of nitrogens with zero attached hydrogens (tertiary/aromatic N) is 4. The minimum atomic E-state index is -2.69. The smallest absolute Gasteiger partial charge is 0.244 e. The van der Waals surface area contributed by atoms with Crippen molar-refractivity contribution in [3.63, 3.8) is 0 Å². The zero-order valence-electron chi connectivity index (χ0n) is 20.2. The van der Waals surface area contributed by atoms with E-state index >= 15 is 0 Å².